The van der Waals surface area contributed by atoms with Crippen LogP contribution < -0.4 is 11.2 Å². The molecule has 5 nitrogen and oxygen atoms in total. The van der Waals surface area contributed by atoms with Crippen LogP contribution in [0.4, 0.5) is 0 Å². The van der Waals surface area contributed by atoms with Crippen LogP contribution in [0, 0.1) is 0 Å². The third-order valence-corrected chi connectivity index (χ3v) is 5.76. The van der Waals surface area contributed by atoms with E-state index in [1.54, 1.807) is 7.05 Å². The molecule has 1 atom stereocenters. The minimum Gasteiger partial charge on any atom is -0.337 e. The number of benzene rings is 2. The van der Waals surface area contributed by atoms with Crippen LogP contribution in [0.15, 0.2) is 74.9 Å². The number of aryl methyl sites for hydroxylation is 1. The Morgan fingerprint density at radius 2 is 1.64 bits per heavy atom. The molecule has 1 unspecified atom stereocenters. The molecule has 0 saturated heterocycles. The van der Waals surface area contributed by atoms with Crippen LogP contribution in [-0.2, 0) is 14.1 Å². The SMILES string of the molecule is CC(c1ccccc1)n1cc2c(c1-c1cccc(Br)c1)c(=O)n(C)c(=O)n2C. The molecule has 0 fully saturated rings. The molecule has 0 spiro atoms. The van der Waals surface area contributed by atoms with Gasteiger partial charge in [0.25, 0.3) is 5.56 Å². The highest BCUT2D eigenvalue weighted by atomic mass is 79.9. The maximum atomic E-state index is 13.1. The summed E-state index contributed by atoms with van der Waals surface area (Å²) in [5.41, 5.74) is 2.87. The molecule has 4 rings (SSSR count). The Morgan fingerprint density at radius 1 is 0.929 bits per heavy atom. The smallest absolute Gasteiger partial charge is 0.330 e. The molecular formula is C22H20BrN3O2. The third kappa shape index (κ3) is 2.85. The van der Waals surface area contributed by atoms with Crippen LogP contribution in [0.25, 0.3) is 22.2 Å². The lowest BCUT2D eigenvalue weighted by Crippen LogP contribution is -2.36. The van der Waals surface area contributed by atoms with Crippen molar-refractivity contribution in [1.82, 2.24) is 13.7 Å². The van der Waals surface area contributed by atoms with Gasteiger partial charge in [-0.05, 0) is 24.6 Å². The minimum atomic E-state index is -0.331. The van der Waals surface area contributed by atoms with Crippen molar-refractivity contribution < 1.29 is 0 Å². The Hall–Kier alpha value is -2.86. The van der Waals surface area contributed by atoms with Gasteiger partial charge in [0.05, 0.1) is 22.6 Å². The van der Waals surface area contributed by atoms with Gasteiger partial charge in [-0.15, -0.1) is 0 Å². The maximum Gasteiger partial charge on any atom is 0.330 e. The van der Waals surface area contributed by atoms with Crippen LogP contribution in [0.2, 0.25) is 0 Å². The zero-order chi connectivity index (χ0) is 20.0. The summed E-state index contributed by atoms with van der Waals surface area (Å²) in [6.45, 7) is 2.10. The summed E-state index contributed by atoms with van der Waals surface area (Å²) in [5.74, 6) is 0. The summed E-state index contributed by atoms with van der Waals surface area (Å²) < 4.78 is 5.72. The van der Waals surface area contributed by atoms with Crippen molar-refractivity contribution in [3.05, 3.63) is 91.7 Å². The first kappa shape index (κ1) is 18.5. The maximum absolute atomic E-state index is 13.1. The monoisotopic (exact) mass is 437 g/mol. The highest BCUT2D eigenvalue weighted by molar-refractivity contribution is 9.10. The lowest BCUT2D eigenvalue weighted by Gasteiger charge is -2.18. The first-order chi connectivity index (χ1) is 13.4. The van der Waals surface area contributed by atoms with E-state index >= 15 is 0 Å². The zero-order valence-corrected chi connectivity index (χ0v) is 17.5. The number of fused-ring (bicyclic) bond motifs is 1. The van der Waals surface area contributed by atoms with E-state index < -0.39 is 0 Å². The molecule has 0 aliphatic rings. The van der Waals surface area contributed by atoms with Gasteiger partial charge in [-0.2, -0.15) is 0 Å². The Bertz CT molecular complexity index is 1300. The van der Waals surface area contributed by atoms with Gasteiger partial charge in [0, 0.05) is 30.3 Å². The van der Waals surface area contributed by atoms with E-state index in [0.717, 1.165) is 21.3 Å². The third-order valence-electron chi connectivity index (χ3n) is 5.26. The molecule has 2 aromatic carbocycles. The Balaban J connectivity index is 2.14. The molecule has 0 bridgehead atoms. The average Bonchev–Trinajstić information content (AvgIpc) is 3.11. The van der Waals surface area contributed by atoms with E-state index in [4.69, 9.17) is 0 Å². The minimum absolute atomic E-state index is 0.0117. The molecule has 2 heterocycles. The fraction of sp³-hybridized carbons (Fsp3) is 0.182. The topological polar surface area (TPSA) is 48.9 Å². The highest BCUT2D eigenvalue weighted by Gasteiger charge is 2.22. The van der Waals surface area contributed by atoms with Gasteiger partial charge >= 0.3 is 5.69 Å². The standard InChI is InChI=1S/C22H20BrN3O2/c1-14(15-8-5-4-6-9-15)26-13-18-19(21(27)25(3)22(28)24(18)2)20(26)16-10-7-11-17(23)12-16/h4-14H,1-3H3. The van der Waals surface area contributed by atoms with Crippen LogP contribution in [0.3, 0.4) is 0 Å². The van der Waals surface area contributed by atoms with Crippen LogP contribution >= 0.6 is 15.9 Å². The molecular weight excluding hydrogens is 418 g/mol. The molecule has 0 radical (unpaired) electrons. The zero-order valence-electron chi connectivity index (χ0n) is 15.9. The quantitative estimate of drug-likeness (QED) is 0.484. The Morgan fingerprint density at radius 3 is 2.32 bits per heavy atom. The van der Waals surface area contributed by atoms with E-state index in [1.165, 1.54) is 16.2 Å². The van der Waals surface area contributed by atoms with Gasteiger partial charge in [-0.1, -0.05) is 58.4 Å². The molecule has 0 aliphatic heterocycles. The first-order valence-electron chi connectivity index (χ1n) is 9.01. The second-order valence-corrected chi connectivity index (χ2v) is 7.86. The number of aromatic nitrogens is 3. The number of nitrogens with zero attached hydrogens (tertiary/aromatic N) is 3. The van der Waals surface area contributed by atoms with Crippen LogP contribution in [0.5, 0.6) is 0 Å². The largest absolute Gasteiger partial charge is 0.337 e. The molecule has 0 N–H and O–H groups in total. The van der Waals surface area contributed by atoms with Gasteiger partial charge in [0.15, 0.2) is 0 Å². The lowest BCUT2D eigenvalue weighted by atomic mass is 10.1. The fourth-order valence-electron chi connectivity index (χ4n) is 3.69. The molecule has 0 saturated carbocycles. The van der Waals surface area contributed by atoms with Crippen molar-refractivity contribution >= 4 is 26.8 Å². The van der Waals surface area contributed by atoms with Crippen molar-refractivity contribution in [2.24, 2.45) is 14.1 Å². The van der Waals surface area contributed by atoms with E-state index in [2.05, 4.69) is 39.6 Å². The van der Waals surface area contributed by atoms with Gasteiger partial charge in [-0.25, -0.2) is 4.79 Å². The molecule has 4 aromatic rings. The number of halogens is 1. The van der Waals surface area contributed by atoms with Gasteiger partial charge < -0.3 is 4.57 Å². The molecule has 0 aliphatic carbocycles. The van der Waals surface area contributed by atoms with E-state index in [9.17, 15) is 9.59 Å². The normalized spacial score (nSPS) is 12.4. The predicted molar refractivity (Wildman–Crippen MR) is 116 cm³/mol. The van der Waals surface area contributed by atoms with Crippen LogP contribution in [-0.4, -0.2) is 13.7 Å². The summed E-state index contributed by atoms with van der Waals surface area (Å²) >= 11 is 3.53. The summed E-state index contributed by atoms with van der Waals surface area (Å²) in [4.78, 5) is 25.5. The summed E-state index contributed by atoms with van der Waals surface area (Å²) in [7, 11) is 3.22. The molecule has 142 valence electrons. The van der Waals surface area contributed by atoms with E-state index in [1.807, 2.05) is 48.7 Å². The number of rotatable bonds is 3. The van der Waals surface area contributed by atoms with Crippen molar-refractivity contribution in [2.75, 3.05) is 0 Å². The van der Waals surface area contributed by atoms with Gasteiger partial charge in [0.1, 0.15) is 0 Å². The molecule has 6 heteroatoms. The lowest BCUT2D eigenvalue weighted by molar-refractivity contribution is 0.650. The van der Waals surface area contributed by atoms with Gasteiger partial charge in [-0.3, -0.25) is 13.9 Å². The van der Waals surface area contributed by atoms with E-state index in [0.29, 0.717) is 10.9 Å². The van der Waals surface area contributed by atoms with Crippen molar-refractivity contribution in [1.29, 1.82) is 0 Å². The van der Waals surface area contributed by atoms with Gasteiger partial charge in [0.2, 0.25) is 0 Å². The second kappa shape index (κ2) is 6.95. The summed E-state index contributed by atoms with van der Waals surface area (Å²) in [6.07, 6.45) is 1.91. The molecule has 0 amide bonds. The summed E-state index contributed by atoms with van der Waals surface area (Å²) in [5, 5.41) is 0.547. The first-order valence-corrected chi connectivity index (χ1v) is 9.81. The molecule has 28 heavy (non-hydrogen) atoms. The van der Waals surface area contributed by atoms with Crippen molar-refractivity contribution in [3.63, 3.8) is 0 Å². The second-order valence-electron chi connectivity index (χ2n) is 6.95. The fourth-order valence-corrected chi connectivity index (χ4v) is 4.09. The highest BCUT2D eigenvalue weighted by Crippen LogP contribution is 2.34. The predicted octanol–water partition coefficient (Wildman–Crippen LogP) is 4.08. The number of hydrogen-bond donors (Lipinski definition) is 0. The van der Waals surface area contributed by atoms with Crippen molar-refractivity contribution in [3.8, 4) is 11.3 Å². The Kier molecular flexibility index (Phi) is 4.59. The summed E-state index contributed by atoms with van der Waals surface area (Å²) in [6, 6.07) is 18.0. The van der Waals surface area contributed by atoms with Crippen LogP contribution in [0.1, 0.15) is 18.5 Å². The van der Waals surface area contributed by atoms with E-state index in [-0.39, 0.29) is 17.3 Å². The Labute approximate surface area is 170 Å². The number of hydrogen-bond acceptors (Lipinski definition) is 2. The molecule has 2 aromatic heterocycles. The van der Waals surface area contributed by atoms with Crippen molar-refractivity contribution in [2.45, 2.75) is 13.0 Å². The average molecular weight is 438 g/mol.